The maximum absolute atomic E-state index is 14.8. The molecule has 11 heteroatoms. The number of nitrogens with one attached hydrogen (secondary N) is 1. The molecule has 1 aromatic carbocycles. The number of ether oxygens (including phenoxy) is 2. The fourth-order valence-electron chi connectivity index (χ4n) is 6.98. The Bertz CT molecular complexity index is 1610. The molecule has 10 nitrogen and oxygen atoms in total. The molecule has 0 saturated carbocycles. The Hall–Kier alpha value is -4.09. The van der Waals surface area contributed by atoms with Crippen molar-refractivity contribution in [2.24, 2.45) is 5.41 Å². The van der Waals surface area contributed by atoms with Crippen molar-refractivity contribution in [3.8, 4) is 28.3 Å². The average Bonchev–Trinajstić information content (AvgIpc) is 3.69. The van der Waals surface area contributed by atoms with Gasteiger partial charge in [0, 0.05) is 74.3 Å². The monoisotopic (exact) mass is 598 g/mol. The first-order chi connectivity index (χ1) is 21.5. The van der Waals surface area contributed by atoms with E-state index in [2.05, 4.69) is 49.1 Å². The molecule has 1 spiro atoms. The zero-order valence-corrected chi connectivity index (χ0v) is 25.4. The number of pyridine rings is 1. The molecule has 0 unspecified atom stereocenters. The van der Waals surface area contributed by atoms with Crippen molar-refractivity contribution in [1.82, 2.24) is 29.6 Å². The second kappa shape index (κ2) is 12.1. The second-order valence-corrected chi connectivity index (χ2v) is 12.3. The molecule has 230 valence electrons. The lowest BCUT2D eigenvalue weighted by Crippen LogP contribution is -2.41. The molecular formula is C33H39FN8O2. The van der Waals surface area contributed by atoms with Crippen LogP contribution in [0.25, 0.3) is 22.5 Å². The first-order valence-corrected chi connectivity index (χ1v) is 15.5. The molecule has 44 heavy (non-hydrogen) atoms. The van der Waals surface area contributed by atoms with Crippen LogP contribution in [0, 0.1) is 11.2 Å². The van der Waals surface area contributed by atoms with Crippen molar-refractivity contribution in [2.75, 3.05) is 63.8 Å². The van der Waals surface area contributed by atoms with Gasteiger partial charge in [0.1, 0.15) is 23.2 Å². The van der Waals surface area contributed by atoms with E-state index in [1.807, 2.05) is 12.4 Å². The summed E-state index contributed by atoms with van der Waals surface area (Å²) in [6.07, 6.45) is 13.2. The second-order valence-electron chi connectivity index (χ2n) is 12.3. The summed E-state index contributed by atoms with van der Waals surface area (Å²) in [4.78, 5) is 18.7. The third kappa shape index (κ3) is 5.73. The standard InChI is InChI=1S/C33H39FN8O2/c1-40-13-9-33(22-40)10-14-41(15-11-33)27-18-30(36-20-25(27)23-19-37-42(21-23)24-7-16-44-17-8-24)38-29-6-12-35-32(39-29)31-26(34)4-3-5-28(31)43-2/h3-6,12,18-21,24H,7-11,13-17,22H2,1-2H3,(H,35,36,38,39). The Morgan fingerprint density at radius 1 is 1.02 bits per heavy atom. The number of rotatable bonds is 7. The molecule has 0 aliphatic carbocycles. The lowest BCUT2D eigenvalue weighted by Gasteiger charge is -2.41. The number of aromatic nitrogens is 5. The Kier molecular flexibility index (Phi) is 7.90. The number of hydrogen-bond donors (Lipinski definition) is 1. The van der Waals surface area contributed by atoms with Crippen LogP contribution in [0.1, 0.15) is 38.1 Å². The molecule has 3 aromatic heterocycles. The summed E-state index contributed by atoms with van der Waals surface area (Å²) in [7, 11) is 3.74. The van der Waals surface area contributed by atoms with Crippen molar-refractivity contribution in [2.45, 2.75) is 38.1 Å². The molecule has 3 saturated heterocycles. The maximum atomic E-state index is 14.8. The molecule has 0 bridgehead atoms. The van der Waals surface area contributed by atoms with E-state index in [-0.39, 0.29) is 11.4 Å². The predicted molar refractivity (Wildman–Crippen MR) is 168 cm³/mol. The highest BCUT2D eigenvalue weighted by molar-refractivity contribution is 5.80. The fraction of sp³-hybridized carbons (Fsp3) is 0.455. The number of halogens is 1. The van der Waals surface area contributed by atoms with Gasteiger partial charge in [-0.25, -0.2) is 19.3 Å². The van der Waals surface area contributed by atoms with Gasteiger partial charge in [-0.2, -0.15) is 5.10 Å². The number of nitrogens with zero attached hydrogens (tertiary/aromatic N) is 7. The lowest BCUT2D eigenvalue weighted by atomic mass is 9.77. The molecule has 4 aromatic rings. The van der Waals surface area contributed by atoms with E-state index >= 15 is 0 Å². The van der Waals surface area contributed by atoms with Gasteiger partial charge in [0.05, 0.1) is 24.9 Å². The van der Waals surface area contributed by atoms with Crippen LogP contribution in [0.4, 0.5) is 21.7 Å². The summed E-state index contributed by atoms with van der Waals surface area (Å²) in [5.74, 6) is 1.36. The first-order valence-electron chi connectivity index (χ1n) is 15.5. The number of methoxy groups -OCH3 is 1. The molecule has 3 aliphatic heterocycles. The maximum Gasteiger partial charge on any atom is 0.168 e. The summed E-state index contributed by atoms with van der Waals surface area (Å²) >= 11 is 0. The van der Waals surface area contributed by atoms with Gasteiger partial charge < -0.3 is 24.6 Å². The number of piperidine rings is 1. The number of anilines is 3. The number of benzene rings is 1. The Morgan fingerprint density at radius 3 is 2.61 bits per heavy atom. The summed E-state index contributed by atoms with van der Waals surface area (Å²) in [6.45, 7) is 5.88. The summed E-state index contributed by atoms with van der Waals surface area (Å²) in [5.41, 5.74) is 3.89. The summed E-state index contributed by atoms with van der Waals surface area (Å²) in [6, 6.07) is 8.89. The Morgan fingerprint density at radius 2 is 1.84 bits per heavy atom. The highest BCUT2D eigenvalue weighted by atomic mass is 19.1. The van der Waals surface area contributed by atoms with Crippen LogP contribution < -0.4 is 15.0 Å². The van der Waals surface area contributed by atoms with Crippen molar-refractivity contribution in [3.05, 3.63) is 60.9 Å². The predicted octanol–water partition coefficient (Wildman–Crippen LogP) is 5.57. The van der Waals surface area contributed by atoms with Crippen molar-refractivity contribution >= 4 is 17.3 Å². The molecule has 0 radical (unpaired) electrons. The van der Waals surface area contributed by atoms with E-state index in [0.29, 0.717) is 28.8 Å². The highest BCUT2D eigenvalue weighted by Crippen LogP contribution is 2.43. The molecule has 3 fully saturated rings. The third-order valence-electron chi connectivity index (χ3n) is 9.48. The first kappa shape index (κ1) is 28.7. The van der Waals surface area contributed by atoms with E-state index < -0.39 is 5.82 Å². The van der Waals surface area contributed by atoms with Crippen LogP contribution in [0.15, 0.2) is 55.1 Å². The van der Waals surface area contributed by atoms with Crippen molar-refractivity contribution in [3.63, 3.8) is 0 Å². The fourth-order valence-corrected chi connectivity index (χ4v) is 6.98. The molecular weight excluding hydrogens is 559 g/mol. The molecule has 7 rings (SSSR count). The van der Waals surface area contributed by atoms with Crippen LogP contribution in [0.5, 0.6) is 5.75 Å². The van der Waals surface area contributed by atoms with Gasteiger partial charge in [-0.05, 0) is 69.3 Å². The normalized spacial score (nSPS) is 19.0. The molecule has 0 atom stereocenters. The SMILES string of the molecule is COc1cccc(F)c1-c1nccc(Nc2cc(N3CCC4(CCN(C)C4)CC3)c(-c3cnn(C4CCOCC4)c3)cn2)n1. The smallest absolute Gasteiger partial charge is 0.168 e. The van der Waals surface area contributed by atoms with Crippen molar-refractivity contribution in [1.29, 1.82) is 0 Å². The molecule has 1 N–H and O–H groups in total. The zero-order chi connectivity index (χ0) is 30.1. The Labute approximate surface area is 257 Å². The van der Waals surface area contributed by atoms with E-state index in [1.54, 1.807) is 24.4 Å². The van der Waals surface area contributed by atoms with Crippen LogP contribution in [0.3, 0.4) is 0 Å². The number of hydrogen-bond acceptors (Lipinski definition) is 9. The van der Waals surface area contributed by atoms with Gasteiger partial charge in [0.15, 0.2) is 5.82 Å². The minimum atomic E-state index is -0.441. The lowest BCUT2D eigenvalue weighted by molar-refractivity contribution is 0.0662. The highest BCUT2D eigenvalue weighted by Gasteiger charge is 2.39. The summed E-state index contributed by atoms with van der Waals surface area (Å²) in [5, 5.41) is 8.10. The van der Waals surface area contributed by atoms with Gasteiger partial charge in [-0.3, -0.25) is 4.68 Å². The van der Waals surface area contributed by atoms with E-state index in [4.69, 9.17) is 19.6 Å². The van der Waals surface area contributed by atoms with Crippen molar-refractivity contribution < 1.29 is 13.9 Å². The van der Waals surface area contributed by atoms with Gasteiger partial charge in [0.25, 0.3) is 0 Å². The van der Waals surface area contributed by atoms with Gasteiger partial charge >= 0.3 is 0 Å². The van der Waals surface area contributed by atoms with Crippen LogP contribution in [0.2, 0.25) is 0 Å². The third-order valence-corrected chi connectivity index (χ3v) is 9.48. The summed E-state index contributed by atoms with van der Waals surface area (Å²) < 4.78 is 27.8. The zero-order valence-electron chi connectivity index (χ0n) is 25.4. The van der Waals surface area contributed by atoms with Crippen LogP contribution in [-0.4, -0.2) is 83.2 Å². The minimum Gasteiger partial charge on any atom is -0.496 e. The Balaban J connectivity index is 1.19. The molecule has 6 heterocycles. The average molecular weight is 599 g/mol. The molecule has 0 amide bonds. The largest absolute Gasteiger partial charge is 0.496 e. The van der Waals surface area contributed by atoms with Gasteiger partial charge in [0.2, 0.25) is 0 Å². The molecule has 3 aliphatic rings. The van der Waals surface area contributed by atoms with Gasteiger partial charge in [-0.1, -0.05) is 6.07 Å². The quantitative estimate of drug-likeness (QED) is 0.293. The van der Waals surface area contributed by atoms with E-state index in [0.717, 1.165) is 56.0 Å². The number of likely N-dealkylation sites (tertiary alicyclic amines) is 1. The van der Waals surface area contributed by atoms with Gasteiger partial charge in [-0.15, -0.1) is 0 Å². The van der Waals surface area contributed by atoms with Crippen LogP contribution >= 0.6 is 0 Å². The van der Waals surface area contributed by atoms with E-state index in [1.165, 1.54) is 45.5 Å². The van der Waals surface area contributed by atoms with E-state index in [9.17, 15) is 4.39 Å². The van der Waals surface area contributed by atoms with Crippen LogP contribution in [-0.2, 0) is 4.74 Å². The minimum absolute atomic E-state index is 0.226. The topological polar surface area (TPSA) is 93.5 Å².